The van der Waals surface area contributed by atoms with E-state index < -0.39 is 0 Å². The summed E-state index contributed by atoms with van der Waals surface area (Å²) >= 11 is 0. The van der Waals surface area contributed by atoms with Crippen LogP contribution in [0.5, 0.6) is 5.75 Å². The minimum absolute atomic E-state index is 0.199. The predicted octanol–water partition coefficient (Wildman–Crippen LogP) is 3.83. The van der Waals surface area contributed by atoms with E-state index in [-0.39, 0.29) is 18.2 Å². The number of ether oxygens (including phenoxy) is 1. The minimum Gasteiger partial charge on any atom is -0.488 e. The van der Waals surface area contributed by atoms with Gasteiger partial charge in [-0.2, -0.15) is 0 Å². The monoisotopic (exact) mass is 337 g/mol. The van der Waals surface area contributed by atoms with Gasteiger partial charge in [-0.3, -0.25) is 4.79 Å². The first-order valence-electron chi connectivity index (χ1n) is 7.92. The molecule has 6 heteroatoms. The summed E-state index contributed by atoms with van der Waals surface area (Å²) in [5, 5.41) is 6.57. The summed E-state index contributed by atoms with van der Waals surface area (Å²) in [6.07, 6.45) is 1.61. The third-order valence-corrected chi connectivity index (χ3v) is 3.82. The summed E-state index contributed by atoms with van der Waals surface area (Å²) in [5.74, 6) is 1.40. The molecular formula is C19H19N3O3. The van der Waals surface area contributed by atoms with Crippen molar-refractivity contribution in [3.8, 4) is 5.75 Å². The van der Waals surface area contributed by atoms with Gasteiger partial charge in [-0.15, -0.1) is 0 Å². The molecular weight excluding hydrogens is 318 g/mol. The average Bonchev–Trinajstić information content (AvgIpc) is 2.97. The molecule has 3 rings (SSSR count). The van der Waals surface area contributed by atoms with Crippen molar-refractivity contribution in [3.05, 3.63) is 70.7 Å². The summed E-state index contributed by atoms with van der Waals surface area (Å²) in [6.45, 7) is 5.93. The average molecular weight is 337 g/mol. The number of aromatic nitrogens is 2. The van der Waals surface area contributed by atoms with Crippen LogP contribution in [0.2, 0.25) is 0 Å². The van der Waals surface area contributed by atoms with E-state index in [1.54, 1.807) is 31.3 Å². The van der Waals surface area contributed by atoms with Gasteiger partial charge in [0.15, 0.2) is 5.69 Å². The highest BCUT2D eigenvalue weighted by Gasteiger charge is 2.21. The van der Waals surface area contributed by atoms with Crippen molar-refractivity contribution in [2.75, 3.05) is 5.32 Å². The third-order valence-electron chi connectivity index (χ3n) is 3.82. The molecule has 0 aliphatic heterocycles. The first kappa shape index (κ1) is 16.7. The van der Waals surface area contributed by atoms with Crippen LogP contribution in [-0.4, -0.2) is 16.0 Å². The lowest BCUT2D eigenvalue weighted by Crippen LogP contribution is -2.16. The molecule has 0 bridgehead atoms. The Hall–Kier alpha value is -3.15. The second-order valence-corrected chi connectivity index (χ2v) is 5.79. The van der Waals surface area contributed by atoms with E-state index in [1.165, 1.54) is 0 Å². The Balaban J connectivity index is 1.77. The Kier molecular flexibility index (Phi) is 4.79. The lowest BCUT2D eigenvalue weighted by atomic mass is 10.1. The van der Waals surface area contributed by atoms with Gasteiger partial charge in [-0.1, -0.05) is 23.4 Å². The van der Waals surface area contributed by atoms with Gasteiger partial charge in [0.25, 0.3) is 5.91 Å². The summed E-state index contributed by atoms with van der Waals surface area (Å²) in [4.78, 5) is 16.5. The van der Waals surface area contributed by atoms with E-state index in [0.717, 1.165) is 16.9 Å². The van der Waals surface area contributed by atoms with Gasteiger partial charge in [-0.05, 0) is 50.1 Å². The van der Waals surface area contributed by atoms with Crippen LogP contribution in [0.25, 0.3) is 0 Å². The van der Waals surface area contributed by atoms with Gasteiger partial charge in [0.2, 0.25) is 0 Å². The van der Waals surface area contributed by atoms with E-state index in [9.17, 15) is 4.79 Å². The maximum Gasteiger partial charge on any atom is 0.279 e. The Morgan fingerprint density at radius 2 is 2.04 bits per heavy atom. The van der Waals surface area contributed by atoms with E-state index in [0.29, 0.717) is 17.1 Å². The Bertz CT molecular complexity index is 888. The van der Waals surface area contributed by atoms with Gasteiger partial charge in [-0.25, -0.2) is 4.98 Å². The largest absolute Gasteiger partial charge is 0.488 e. The molecule has 0 spiro atoms. The Labute approximate surface area is 145 Å². The van der Waals surface area contributed by atoms with Gasteiger partial charge >= 0.3 is 0 Å². The van der Waals surface area contributed by atoms with Gasteiger partial charge in [0, 0.05) is 6.20 Å². The van der Waals surface area contributed by atoms with Crippen molar-refractivity contribution < 1.29 is 14.1 Å². The molecule has 3 aromatic rings. The molecule has 2 heterocycles. The zero-order chi connectivity index (χ0) is 17.8. The van der Waals surface area contributed by atoms with Crippen LogP contribution in [-0.2, 0) is 6.61 Å². The molecule has 0 aliphatic carbocycles. The lowest BCUT2D eigenvalue weighted by Gasteiger charge is -2.10. The van der Waals surface area contributed by atoms with Crippen molar-refractivity contribution >= 4 is 11.7 Å². The Morgan fingerprint density at radius 1 is 1.20 bits per heavy atom. The summed E-state index contributed by atoms with van der Waals surface area (Å²) < 4.78 is 11.1. The van der Waals surface area contributed by atoms with Crippen molar-refractivity contribution in [1.82, 2.24) is 10.1 Å². The van der Waals surface area contributed by atoms with Crippen molar-refractivity contribution in [2.45, 2.75) is 27.4 Å². The minimum atomic E-state index is -0.380. The first-order valence-corrected chi connectivity index (χ1v) is 7.92. The highest BCUT2D eigenvalue weighted by atomic mass is 16.5. The highest BCUT2D eigenvalue weighted by molar-refractivity contribution is 6.03. The Morgan fingerprint density at radius 3 is 2.80 bits per heavy atom. The predicted molar refractivity (Wildman–Crippen MR) is 93.7 cm³/mol. The number of carbonyl (C=O) groups is 1. The first-order chi connectivity index (χ1) is 12.0. The van der Waals surface area contributed by atoms with E-state index >= 15 is 0 Å². The number of benzene rings is 1. The fourth-order valence-corrected chi connectivity index (χ4v) is 2.36. The lowest BCUT2D eigenvalue weighted by molar-refractivity contribution is 0.101. The van der Waals surface area contributed by atoms with Crippen LogP contribution in [0.1, 0.15) is 32.9 Å². The van der Waals surface area contributed by atoms with Crippen molar-refractivity contribution in [3.63, 3.8) is 0 Å². The number of nitrogens with zero attached hydrogens (tertiary/aromatic N) is 2. The molecule has 2 aromatic heterocycles. The number of anilines is 1. The zero-order valence-corrected chi connectivity index (χ0v) is 14.4. The number of pyridine rings is 1. The number of amides is 1. The van der Waals surface area contributed by atoms with Crippen molar-refractivity contribution in [2.24, 2.45) is 0 Å². The number of carbonyl (C=O) groups excluding carboxylic acids is 1. The molecule has 0 aliphatic rings. The number of hydrogen-bond acceptors (Lipinski definition) is 5. The molecule has 1 amide bonds. The second-order valence-electron chi connectivity index (χ2n) is 5.79. The molecule has 1 aromatic carbocycles. The molecule has 25 heavy (non-hydrogen) atoms. The fourth-order valence-electron chi connectivity index (χ4n) is 2.36. The van der Waals surface area contributed by atoms with Crippen molar-refractivity contribution in [1.29, 1.82) is 0 Å². The molecule has 0 radical (unpaired) electrons. The molecule has 1 N–H and O–H groups in total. The van der Waals surface area contributed by atoms with Crippen LogP contribution in [0.4, 0.5) is 5.82 Å². The number of nitrogens with one attached hydrogen (secondary N) is 1. The molecule has 6 nitrogen and oxygen atoms in total. The quantitative estimate of drug-likeness (QED) is 0.766. The summed E-state index contributed by atoms with van der Waals surface area (Å²) in [7, 11) is 0. The smallest absolute Gasteiger partial charge is 0.279 e. The van der Waals surface area contributed by atoms with Gasteiger partial charge < -0.3 is 14.6 Å². The zero-order valence-electron chi connectivity index (χ0n) is 14.4. The number of rotatable bonds is 5. The maximum absolute atomic E-state index is 12.5. The standard InChI is InChI=1S/C19H19N3O3/c1-12-7-8-13(2)16(10-12)24-11-15-14(3)25-22-18(15)19(23)21-17-6-4-5-9-20-17/h4-10H,11H2,1-3H3,(H,20,21,23). The highest BCUT2D eigenvalue weighted by Crippen LogP contribution is 2.22. The third kappa shape index (κ3) is 3.85. The van der Waals surface area contributed by atoms with Gasteiger partial charge in [0.1, 0.15) is 23.9 Å². The van der Waals surface area contributed by atoms with Crippen LogP contribution < -0.4 is 10.1 Å². The maximum atomic E-state index is 12.5. The molecule has 128 valence electrons. The van der Waals surface area contributed by atoms with Crippen LogP contribution in [0, 0.1) is 20.8 Å². The number of aryl methyl sites for hydroxylation is 3. The number of hydrogen-bond donors (Lipinski definition) is 1. The molecule has 0 saturated heterocycles. The normalized spacial score (nSPS) is 10.5. The second kappa shape index (κ2) is 7.17. The molecule has 0 fully saturated rings. The molecule has 0 unspecified atom stereocenters. The van der Waals surface area contributed by atoms with E-state index in [4.69, 9.17) is 9.26 Å². The summed E-state index contributed by atoms with van der Waals surface area (Å²) in [5.41, 5.74) is 2.96. The molecule has 0 saturated carbocycles. The molecule has 0 atom stereocenters. The topological polar surface area (TPSA) is 77.2 Å². The van der Waals surface area contributed by atoms with Gasteiger partial charge in [0.05, 0.1) is 5.56 Å². The van der Waals surface area contributed by atoms with E-state index in [2.05, 4.69) is 15.5 Å². The SMILES string of the molecule is Cc1ccc(C)c(OCc2c(C(=O)Nc3ccccn3)noc2C)c1. The van der Waals surface area contributed by atoms with Crippen LogP contribution in [0.3, 0.4) is 0 Å². The van der Waals surface area contributed by atoms with E-state index in [1.807, 2.05) is 32.0 Å². The van der Waals surface area contributed by atoms with Crippen LogP contribution in [0.15, 0.2) is 47.1 Å². The summed E-state index contributed by atoms with van der Waals surface area (Å²) in [6, 6.07) is 11.3. The fraction of sp³-hybridized carbons (Fsp3) is 0.211. The van der Waals surface area contributed by atoms with Crippen LogP contribution >= 0.6 is 0 Å².